The Bertz CT molecular complexity index is 1480. The van der Waals surface area contributed by atoms with Gasteiger partial charge in [-0.05, 0) is 89.9 Å². The van der Waals surface area contributed by atoms with Crippen LogP contribution in [0.15, 0.2) is 48.6 Å². The lowest BCUT2D eigenvalue weighted by molar-refractivity contribution is -0.302. The normalized spacial score (nSPS) is 18.5. The fourth-order valence-corrected chi connectivity index (χ4v) is 10.7. The molecular formula is C70H129NO10. The van der Waals surface area contributed by atoms with Crippen molar-refractivity contribution in [1.82, 2.24) is 5.32 Å². The number of aliphatic hydroxyl groups is 5. The fourth-order valence-electron chi connectivity index (χ4n) is 10.7. The molecule has 7 unspecified atom stereocenters. The summed E-state index contributed by atoms with van der Waals surface area (Å²) in [5.41, 5.74) is 0. The number of esters is 1. The molecule has 0 aliphatic carbocycles. The molecule has 0 aromatic rings. The predicted molar refractivity (Wildman–Crippen MR) is 338 cm³/mol. The summed E-state index contributed by atoms with van der Waals surface area (Å²) in [7, 11) is 0. The van der Waals surface area contributed by atoms with Crippen molar-refractivity contribution in [2.75, 3.05) is 19.8 Å². The fraction of sp³-hybridized carbons (Fsp3) is 0.857. The van der Waals surface area contributed by atoms with Crippen molar-refractivity contribution in [3.05, 3.63) is 48.6 Å². The van der Waals surface area contributed by atoms with Crippen molar-refractivity contribution >= 4 is 11.9 Å². The number of carbonyl (C=O) groups is 2. The zero-order valence-corrected chi connectivity index (χ0v) is 52.5. The van der Waals surface area contributed by atoms with Crippen LogP contribution in [0.1, 0.15) is 322 Å². The van der Waals surface area contributed by atoms with Gasteiger partial charge >= 0.3 is 5.97 Å². The summed E-state index contributed by atoms with van der Waals surface area (Å²) in [6, 6.07) is -0.809. The maximum absolute atomic E-state index is 13.0. The Morgan fingerprint density at radius 3 is 1.27 bits per heavy atom. The van der Waals surface area contributed by atoms with Gasteiger partial charge < -0.3 is 45.1 Å². The molecule has 0 aromatic heterocycles. The second-order valence-electron chi connectivity index (χ2n) is 23.9. The van der Waals surface area contributed by atoms with E-state index in [9.17, 15) is 35.1 Å². The number of unbranched alkanes of at least 4 members (excludes halogenated alkanes) is 40. The van der Waals surface area contributed by atoms with E-state index in [1.807, 2.05) is 6.08 Å². The first-order chi connectivity index (χ1) is 39.7. The van der Waals surface area contributed by atoms with E-state index >= 15 is 0 Å². The van der Waals surface area contributed by atoms with Gasteiger partial charge in [0.1, 0.15) is 24.4 Å². The Hall–Kier alpha value is -2.38. The number of hydrogen-bond acceptors (Lipinski definition) is 10. The number of hydrogen-bond donors (Lipinski definition) is 6. The first-order valence-corrected chi connectivity index (χ1v) is 34.4. The van der Waals surface area contributed by atoms with Gasteiger partial charge in [-0.15, -0.1) is 0 Å². The third-order valence-electron chi connectivity index (χ3n) is 16.2. The predicted octanol–water partition coefficient (Wildman–Crippen LogP) is 17.2. The Kier molecular flexibility index (Phi) is 56.2. The number of aliphatic hydroxyl groups excluding tert-OH is 5. The Balaban J connectivity index is 1.93. The lowest BCUT2D eigenvalue weighted by atomic mass is 9.99. The molecular weight excluding hydrogens is 1010 g/mol. The minimum atomic E-state index is -1.57. The summed E-state index contributed by atoms with van der Waals surface area (Å²) in [6.07, 6.45) is 66.8. The van der Waals surface area contributed by atoms with E-state index in [2.05, 4.69) is 55.6 Å². The molecule has 0 bridgehead atoms. The average Bonchev–Trinajstić information content (AvgIpc) is 3.47. The molecule has 474 valence electrons. The zero-order chi connectivity index (χ0) is 58.7. The number of allylic oxidation sites excluding steroid dienone is 7. The molecule has 1 aliphatic heterocycles. The van der Waals surface area contributed by atoms with E-state index in [0.717, 1.165) is 64.2 Å². The van der Waals surface area contributed by atoms with Crippen molar-refractivity contribution < 1.29 is 49.3 Å². The minimum absolute atomic E-state index is 0.00693. The molecule has 11 heteroatoms. The number of amides is 1. The standard InChI is InChI=1S/C70H129NO10/c1-3-5-7-9-11-13-14-15-16-32-35-38-42-46-50-54-58-66(75)79-59-55-51-47-43-39-36-33-30-28-26-24-22-20-18-17-19-21-23-25-27-29-31-34-37-41-45-49-53-57-65(74)71-62(63(73)56-52-48-44-40-12-10-8-6-4-2)61-80-70-69(78)68(77)67(76)64(60-72)81-70/h13-14,16-18,32,52,56,62-64,67-70,72-73,76-78H,3-12,15,19-31,33-51,53-55,57-61H2,1-2H3,(H,71,74)/b14-13-,18-17-,32-16-,56-52+. The molecule has 1 amide bonds. The molecule has 1 fully saturated rings. The number of rotatable bonds is 60. The van der Waals surface area contributed by atoms with E-state index in [0.29, 0.717) is 19.4 Å². The monoisotopic (exact) mass is 1140 g/mol. The second-order valence-corrected chi connectivity index (χ2v) is 23.9. The van der Waals surface area contributed by atoms with Gasteiger partial charge in [-0.25, -0.2) is 0 Å². The van der Waals surface area contributed by atoms with Gasteiger partial charge in [0.2, 0.25) is 5.91 Å². The topological polar surface area (TPSA) is 175 Å². The van der Waals surface area contributed by atoms with Crippen LogP contribution >= 0.6 is 0 Å². The minimum Gasteiger partial charge on any atom is -0.466 e. The van der Waals surface area contributed by atoms with E-state index in [1.165, 1.54) is 231 Å². The van der Waals surface area contributed by atoms with Gasteiger partial charge in [-0.2, -0.15) is 0 Å². The van der Waals surface area contributed by atoms with E-state index in [4.69, 9.17) is 14.2 Å². The van der Waals surface area contributed by atoms with Gasteiger partial charge in [0.15, 0.2) is 6.29 Å². The molecule has 7 atom stereocenters. The number of ether oxygens (including phenoxy) is 3. The van der Waals surface area contributed by atoms with Crippen LogP contribution in [0, 0.1) is 0 Å². The van der Waals surface area contributed by atoms with Crippen LogP contribution in [-0.2, 0) is 23.8 Å². The molecule has 1 aliphatic rings. The van der Waals surface area contributed by atoms with Gasteiger partial charge in [-0.1, -0.05) is 268 Å². The molecule has 0 spiro atoms. The van der Waals surface area contributed by atoms with Crippen LogP contribution in [0.2, 0.25) is 0 Å². The molecule has 0 saturated carbocycles. The summed E-state index contributed by atoms with van der Waals surface area (Å²) >= 11 is 0. The highest BCUT2D eigenvalue weighted by molar-refractivity contribution is 5.76. The van der Waals surface area contributed by atoms with Gasteiger partial charge in [0.05, 0.1) is 32.0 Å². The number of nitrogens with one attached hydrogen (secondary N) is 1. The summed E-state index contributed by atoms with van der Waals surface area (Å²) in [6.45, 7) is 4.31. The van der Waals surface area contributed by atoms with Crippen LogP contribution in [-0.4, -0.2) is 100 Å². The van der Waals surface area contributed by atoms with Crippen molar-refractivity contribution in [3.8, 4) is 0 Å². The molecule has 0 radical (unpaired) electrons. The van der Waals surface area contributed by atoms with E-state index in [-0.39, 0.29) is 18.5 Å². The van der Waals surface area contributed by atoms with Crippen molar-refractivity contribution in [2.24, 2.45) is 0 Å². The highest BCUT2D eigenvalue weighted by Crippen LogP contribution is 2.23. The zero-order valence-electron chi connectivity index (χ0n) is 52.5. The summed E-state index contributed by atoms with van der Waals surface area (Å²) < 4.78 is 16.7. The van der Waals surface area contributed by atoms with Crippen LogP contribution in [0.4, 0.5) is 0 Å². The number of carbonyl (C=O) groups excluding carboxylic acids is 2. The molecule has 0 aromatic carbocycles. The molecule has 81 heavy (non-hydrogen) atoms. The van der Waals surface area contributed by atoms with Crippen molar-refractivity contribution in [2.45, 2.75) is 365 Å². The lowest BCUT2D eigenvalue weighted by Crippen LogP contribution is -2.60. The second kappa shape index (κ2) is 59.4. The van der Waals surface area contributed by atoms with Crippen LogP contribution in [0.5, 0.6) is 0 Å². The molecule has 1 saturated heterocycles. The third-order valence-corrected chi connectivity index (χ3v) is 16.2. The van der Waals surface area contributed by atoms with E-state index < -0.39 is 49.5 Å². The summed E-state index contributed by atoms with van der Waals surface area (Å²) in [5, 5.41) is 54.3. The van der Waals surface area contributed by atoms with E-state index in [1.54, 1.807) is 6.08 Å². The Morgan fingerprint density at radius 1 is 0.457 bits per heavy atom. The van der Waals surface area contributed by atoms with Gasteiger partial charge in [0, 0.05) is 12.8 Å². The smallest absolute Gasteiger partial charge is 0.305 e. The van der Waals surface area contributed by atoms with Crippen molar-refractivity contribution in [3.63, 3.8) is 0 Å². The maximum atomic E-state index is 13.0. The van der Waals surface area contributed by atoms with Crippen molar-refractivity contribution in [1.29, 1.82) is 0 Å². The van der Waals surface area contributed by atoms with Crippen LogP contribution in [0.25, 0.3) is 0 Å². The highest BCUT2D eigenvalue weighted by atomic mass is 16.7. The molecule has 11 nitrogen and oxygen atoms in total. The first kappa shape index (κ1) is 76.6. The first-order valence-electron chi connectivity index (χ1n) is 34.4. The largest absolute Gasteiger partial charge is 0.466 e. The SMILES string of the molecule is CCCCCC/C=C\C/C=C\CCCCCCCC(=O)OCCCCCCCCCCCCCC/C=C\CCCCCCCCCCCCCCC(=O)NC(COC1OC(CO)C(O)C(O)C1O)C(O)/C=C/CCCCCCCCC. The molecule has 1 heterocycles. The van der Waals surface area contributed by atoms with Gasteiger partial charge in [0.25, 0.3) is 0 Å². The Morgan fingerprint density at radius 2 is 0.827 bits per heavy atom. The Labute approximate surface area is 497 Å². The quantitative estimate of drug-likeness (QED) is 0.0195. The summed E-state index contributed by atoms with van der Waals surface area (Å²) in [4.78, 5) is 25.1. The maximum Gasteiger partial charge on any atom is 0.305 e. The molecule has 1 rings (SSSR count). The van der Waals surface area contributed by atoms with Crippen LogP contribution < -0.4 is 5.32 Å². The summed E-state index contributed by atoms with van der Waals surface area (Å²) in [5.74, 6) is -0.190. The average molecular weight is 1140 g/mol. The lowest BCUT2D eigenvalue weighted by Gasteiger charge is -2.40. The third kappa shape index (κ3) is 48.5. The highest BCUT2D eigenvalue weighted by Gasteiger charge is 2.44. The molecule has 6 N–H and O–H groups in total. The van der Waals surface area contributed by atoms with Crippen LogP contribution in [0.3, 0.4) is 0 Å². The van der Waals surface area contributed by atoms with Gasteiger partial charge in [-0.3, -0.25) is 9.59 Å².